The van der Waals surface area contributed by atoms with Gasteiger partial charge in [0.1, 0.15) is 0 Å². The highest BCUT2D eigenvalue weighted by Crippen LogP contribution is 2.22. The summed E-state index contributed by atoms with van der Waals surface area (Å²) in [6.45, 7) is 1.32. The zero-order valence-corrected chi connectivity index (χ0v) is 13.1. The predicted molar refractivity (Wildman–Crippen MR) is 81.8 cm³/mol. The van der Waals surface area contributed by atoms with Crippen LogP contribution in [0.5, 0.6) is 0 Å². The van der Waals surface area contributed by atoms with Crippen molar-refractivity contribution in [3.05, 3.63) is 50.9 Å². The Labute approximate surface area is 125 Å². The minimum atomic E-state index is 0.174. The minimum absolute atomic E-state index is 0.174. The van der Waals surface area contributed by atoms with E-state index < -0.39 is 0 Å². The van der Waals surface area contributed by atoms with Crippen LogP contribution in [-0.4, -0.2) is 35.8 Å². The Bertz CT molecular complexity index is 541. The summed E-state index contributed by atoms with van der Waals surface area (Å²) < 4.78 is 0.996. The SMILES string of the molecule is CN(CCc1ccncc1)CC(=O)c1ccc(Br)s1. The number of halogens is 1. The van der Waals surface area contributed by atoms with Crippen LogP contribution >= 0.6 is 27.3 Å². The molecule has 0 spiro atoms. The van der Waals surface area contributed by atoms with Crippen molar-refractivity contribution >= 4 is 33.0 Å². The average Bonchev–Trinajstić information content (AvgIpc) is 2.84. The molecule has 0 unspecified atom stereocenters. The van der Waals surface area contributed by atoms with Gasteiger partial charge in [-0.15, -0.1) is 11.3 Å². The second kappa shape index (κ2) is 6.93. The second-order valence-electron chi connectivity index (χ2n) is 4.37. The highest BCUT2D eigenvalue weighted by Gasteiger charge is 2.11. The minimum Gasteiger partial charge on any atom is -0.299 e. The van der Waals surface area contributed by atoms with E-state index in [1.54, 1.807) is 12.4 Å². The topological polar surface area (TPSA) is 33.2 Å². The monoisotopic (exact) mass is 338 g/mol. The summed E-state index contributed by atoms with van der Waals surface area (Å²) in [4.78, 5) is 18.9. The van der Waals surface area contributed by atoms with Crippen LogP contribution in [0.15, 0.2) is 40.4 Å². The standard InChI is InChI=1S/C14H15BrN2OS/c1-17(9-6-11-4-7-16-8-5-11)10-12(18)13-2-3-14(15)19-13/h2-5,7-8H,6,9-10H2,1H3. The maximum absolute atomic E-state index is 12.0. The van der Waals surface area contributed by atoms with Crippen molar-refractivity contribution < 1.29 is 4.79 Å². The van der Waals surface area contributed by atoms with Crippen LogP contribution in [0.25, 0.3) is 0 Å². The third kappa shape index (κ3) is 4.53. The summed E-state index contributed by atoms with van der Waals surface area (Å²) in [7, 11) is 1.97. The maximum atomic E-state index is 12.0. The van der Waals surface area contributed by atoms with Crippen molar-refractivity contribution in [1.29, 1.82) is 0 Å². The zero-order chi connectivity index (χ0) is 13.7. The Morgan fingerprint density at radius 2 is 2.05 bits per heavy atom. The summed E-state index contributed by atoms with van der Waals surface area (Å²) in [6, 6.07) is 7.79. The molecule has 0 fully saturated rings. The number of thiophene rings is 1. The third-order valence-corrected chi connectivity index (χ3v) is 4.46. The lowest BCUT2D eigenvalue weighted by Gasteiger charge is -2.15. The second-order valence-corrected chi connectivity index (χ2v) is 6.83. The smallest absolute Gasteiger partial charge is 0.186 e. The van der Waals surface area contributed by atoms with E-state index in [0.29, 0.717) is 6.54 Å². The molecule has 3 nitrogen and oxygen atoms in total. The van der Waals surface area contributed by atoms with Gasteiger partial charge in [0, 0.05) is 18.9 Å². The van der Waals surface area contributed by atoms with Crippen LogP contribution in [0.3, 0.4) is 0 Å². The molecular formula is C14H15BrN2OS. The lowest BCUT2D eigenvalue weighted by Crippen LogP contribution is -2.27. The number of carbonyl (C=O) groups excluding carboxylic acids is 1. The fourth-order valence-corrected chi connectivity index (χ4v) is 3.05. The fourth-order valence-electron chi connectivity index (χ4n) is 1.74. The number of carbonyl (C=O) groups is 1. The lowest BCUT2D eigenvalue weighted by atomic mass is 10.2. The van der Waals surface area contributed by atoms with E-state index in [9.17, 15) is 4.79 Å². The Kier molecular flexibility index (Phi) is 5.24. The van der Waals surface area contributed by atoms with Crippen molar-refractivity contribution in [2.24, 2.45) is 0 Å². The van der Waals surface area contributed by atoms with Gasteiger partial charge in [-0.3, -0.25) is 14.7 Å². The number of rotatable bonds is 6. The molecule has 0 amide bonds. The average molecular weight is 339 g/mol. The van der Waals surface area contributed by atoms with Crippen molar-refractivity contribution in [3.8, 4) is 0 Å². The molecule has 0 aromatic carbocycles. The van der Waals surface area contributed by atoms with Gasteiger partial charge in [-0.05, 0) is 59.2 Å². The fraction of sp³-hybridized carbons (Fsp3) is 0.286. The first-order chi connectivity index (χ1) is 9.15. The van der Waals surface area contributed by atoms with Gasteiger partial charge in [-0.1, -0.05) is 0 Å². The van der Waals surface area contributed by atoms with E-state index in [-0.39, 0.29) is 5.78 Å². The van der Waals surface area contributed by atoms with Crippen molar-refractivity contribution in [1.82, 2.24) is 9.88 Å². The van der Waals surface area contributed by atoms with Gasteiger partial charge >= 0.3 is 0 Å². The molecule has 5 heteroatoms. The quantitative estimate of drug-likeness (QED) is 0.758. The van der Waals surface area contributed by atoms with Gasteiger partial charge in [0.15, 0.2) is 5.78 Å². The summed E-state index contributed by atoms with van der Waals surface area (Å²) in [5.41, 5.74) is 1.24. The first-order valence-electron chi connectivity index (χ1n) is 6.01. The van der Waals surface area contributed by atoms with Gasteiger partial charge in [-0.2, -0.15) is 0 Å². The van der Waals surface area contributed by atoms with Crippen LogP contribution in [0.2, 0.25) is 0 Å². The lowest BCUT2D eigenvalue weighted by molar-refractivity contribution is 0.0951. The Morgan fingerprint density at radius 1 is 1.32 bits per heavy atom. The molecule has 19 heavy (non-hydrogen) atoms. The number of nitrogens with zero attached hydrogens (tertiary/aromatic N) is 2. The van der Waals surface area contributed by atoms with E-state index in [1.807, 2.05) is 31.3 Å². The van der Waals surface area contributed by atoms with Gasteiger partial charge in [0.2, 0.25) is 0 Å². The molecule has 0 N–H and O–H groups in total. The van der Waals surface area contributed by atoms with E-state index in [2.05, 4.69) is 25.8 Å². The molecule has 2 heterocycles. The molecule has 0 radical (unpaired) electrons. The normalized spacial score (nSPS) is 10.9. The number of hydrogen-bond acceptors (Lipinski definition) is 4. The highest BCUT2D eigenvalue weighted by molar-refractivity contribution is 9.11. The van der Waals surface area contributed by atoms with E-state index in [4.69, 9.17) is 0 Å². The molecule has 2 aromatic rings. The molecule has 0 atom stereocenters. The van der Waals surface area contributed by atoms with E-state index in [1.165, 1.54) is 16.9 Å². The zero-order valence-electron chi connectivity index (χ0n) is 10.7. The molecule has 0 saturated heterocycles. The van der Waals surface area contributed by atoms with E-state index >= 15 is 0 Å². The van der Waals surface area contributed by atoms with Crippen LogP contribution in [-0.2, 0) is 6.42 Å². The predicted octanol–water partition coefficient (Wildman–Crippen LogP) is 3.26. The van der Waals surface area contributed by atoms with Crippen molar-refractivity contribution in [2.75, 3.05) is 20.1 Å². The van der Waals surface area contributed by atoms with Gasteiger partial charge in [-0.25, -0.2) is 0 Å². The summed E-state index contributed by atoms with van der Waals surface area (Å²) >= 11 is 4.86. The molecule has 0 bridgehead atoms. The highest BCUT2D eigenvalue weighted by atomic mass is 79.9. The van der Waals surface area contributed by atoms with Crippen LogP contribution < -0.4 is 0 Å². The summed E-state index contributed by atoms with van der Waals surface area (Å²) in [5, 5.41) is 0. The molecule has 0 saturated carbocycles. The molecule has 2 aromatic heterocycles. The number of hydrogen-bond donors (Lipinski definition) is 0. The Hall–Kier alpha value is -1.04. The molecule has 100 valence electrons. The first kappa shape index (κ1) is 14.4. The first-order valence-corrected chi connectivity index (χ1v) is 7.62. The number of Topliss-reactive ketones (excluding diaryl/α,β-unsaturated/α-hetero) is 1. The number of pyridine rings is 1. The number of likely N-dealkylation sites (N-methyl/N-ethyl adjacent to an activating group) is 1. The molecule has 2 rings (SSSR count). The van der Waals surface area contributed by atoms with Gasteiger partial charge in [0.05, 0.1) is 15.2 Å². The van der Waals surface area contributed by atoms with Crippen molar-refractivity contribution in [3.63, 3.8) is 0 Å². The van der Waals surface area contributed by atoms with Crippen molar-refractivity contribution in [2.45, 2.75) is 6.42 Å². The number of ketones is 1. The Morgan fingerprint density at radius 3 is 2.68 bits per heavy atom. The molecule has 0 aliphatic rings. The van der Waals surface area contributed by atoms with Crippen LogP contribution in [0, 0.1) is 0 Å². The van der Waals surface area contributed by atoms with Crippen LogP contribution in [0.1, 0.15) is 15.2 Å². The largest absolute Gasteiger partial charge is 0.299 e. The molecule has 0 aliphatic heterocycles. The number of aromatic nitrogens is 1. The van der Waals surface area contributed by atoms with Crippen LogP contribution in [0.4, 0.5) is 0 Å². The van der Waals surface area contributed by atoms with Gasteiger partial charge < -0.3 is 0 Å². The molecular weight excluding hydrogens is 324 g/mol. The Balaban J connectivity index is 1.81. The molecule has 0 aliphatic carbocycles. The van der Waals surface area contributed by atoms with Gasteiger partial charge in [0.25, 0.3) is 0 Å². The maximum Gasteiger partial charge on any atom is 0.186 e. The summed E-state index contributed by atoms with van der Waals surface area (Å²) in [6.07, 6.45) is 4.52. The van der Waals surface area contributed by atoms with E-state index in [0.717, 1.165) is 21.6 Å². The third-order valence-electron chi connectivity index (χ3n) is 2.79. The summed E-state index contributed by atoms with van der Waals surface area (Å²) in [5.74, 6) is 0.174.